The Bertz CT molecular complexity index is 150. The molecule has 0 spiro atoms. The number of ether oxygens (including phenoxy) is 1. The summed E-state index contributed by atoms with van der Waals surface area (Å²) >= 11 is 0. The zero-order valence-electron chi connectivity index (χ0n) is 8.92. The van der Waals surface area contributed by atoms with E-state index in [4.69, 9.17) is 4.74 Å². The predicted molar refractivity (Wildman–Crippen MR) is 51.3 cm³/mol. The second-order valence-electron chi connectivity index (χ2n) is 4.82. The molecule has 0 aromatic carbocycles. The highest BCUT2D eigenvalue weighted by molar-refractivity contribution is 4.85. The first kappa shape index (κ1) is 10.0. The third kappa shape index (κ3) is 2.20. The zero-order chi connectivity index (χ0) is 9.35. The molecule has 2 heteroatoms. The Hall–Kier alpha value is -0.0800. The summed E-state index contributed by atoms with van der Waals surface area (Å²) in [7, 11) is 0. The summed E-state index contributed by atoms with van der Waals surface area (Å²) in [6.45, 7) is 13.1. The van der Waals surface area contributed by atoms with Crippen molar-refractivity contribution in [1.29, 1.82) is 0 Å². The molecule has 1 fully saturated rings. The summed E-state index contributed by atoms with van der Waals surface area (Å²) in [5, 5.41) is 0. The predicted octanol–water partition coefficient (Wildman–Crippen LogP) is 1.89. The van der Waals surface area contributed by atoms with Gasteiger partial charge in [0.2, 0.25) is 0 Å². The molecule has 1 heterocycles. The number of rotatable bonds is 0. The van der Waals surface area contributed by atoms with Crippen LogP contribution in [0.25, 0.3) is 0 Å². The molecular weight excluding hydrogens is 150 g/mol. The van der Waals surface area contributed by atoms with Crippen LogP contribution in [0.15, 0.2) is 0 Å². The molecule has 0 bridgehead atoms. The fourth-order valence-corrected chi connectivity index (χ4v) is 1.84. The van der Waals surface area contributed by atoms with Gasteiger partial charge in [-0.1, -0.05) is 0 Å². The first-order valence-corrected chi connectivity index (χ1v) is 4.79. The van der Waals surface area contributed by atoms with Crippen molar-refractivity contribution in [1.82, 2.24) is 4.90 Å². The van der Waals surface area contributed by atoms with Gasteiger partial charge in [-0.2, -0.15) is 0 Å². The van der Waals surface area contributed by atoms with Crippen molar-refractivity contribution >= 4 is 0 Å². The normalized spacial score (nSPS) is 33.8. The molecule has 1 saturated heterocycles. The first-order valence-electron chi connectivity index (χ1n) is 4.79. The van der Waals surface area contributed by atoms with Crippen LogP contribution in [0.5, 0.6) is 0 Å². The van der Waals surface area contributed by atoms with E-state index in [1.807, 2.05) is 0 Å². The Kier molecular flexibility index (Phi) is 2.79. The molecule has 0 aromatic rings. The van der Waals surface area contributed by atoms with E-state index < -0.39 is 0 Å². The quantitative estimate of drug-likeness (QED) is 0.552. The van der Waals surface area contributed by atoms with Gasteiger partial charge in [0.05, 0.1) is 12.7 Å². The van der Waals surface area contributed by atoms with E-state index in [0.29, 0.717) is 12.1 Å². The third-order valence-corrected chi connectivity index (χ3v) is 2.47. The van der Waals surface area contributed by atoms with Crippen LogP contribution < -0.4 is 0 Å². The molecule has 1 aliphatic rings. The van der Waals surface area contributed by atoms with Crippen LogP contribution in [-0.2, 0) is 4.74 Å². The minimum atomic E-state index is 0.275. The second kappa shape index (κ2) is 3.35. The van der Waals surface area contributed by atoms with Crippen molar-refractivity contribution in [3.63, 3.8) is 0 Å². The molecular formula is C10H21NO. The smallest absolute Gasteiger partial charge is 0.0675 e. The van der Waals surface area contributed by atoms with Crippen molar-refractivity contribution in [2.24, 2.45) is 0 Å². The Morgan fingerprint density at radius 1 is 1.25 bits per heavy atom. The average Bonchev–Trinajstić information content (AvgIpc) is 1.92. The van der Waals surface area contributed by atoms with Gasteiger partial charge < -0.3 is 4.74 Å². The zero-order valence-corrected chi connectivity index (χ0v) is 8.92. The third-order valence-electron chi connectivity index (χ3n) is 2.47. The lowest BCUT2D eigenvalue weighted by Gasteiger charge is -2.45. The molecule has 72 valence electrons. The lowest BCUT2D eigenvalue weighted by atomic mass is 10.0. The van der Waals surface area contributed by atoms with Crippen LogP contribution in [-0.4, -0.2) is 35.7 Å². The molecule has 0 aliphatic carbocycles. The fraction of sp³-hybridized carbons (Fsp3) is 1.00. The summed E-state index contributed by atoms with van der Waals surface area (Å²) in [6, 6.07) is 0.557. The molecule has 12 heavy (non-hydrogen) atoms. The van der Waals surface area contributed by atoms with Crippen LogP contribution in [0.1, 0.15) is 34.6 Å². The van der Waals surface area contributed by atoms with Crippen molar-refractivity contribution < 1.29 is 4.74 Å². The van der Waals surface area contributed by atoms with Gasteiger partial charge in [-0.25, -0.2) is 0 Å². The number of hydrogen-bond acceptors (Lipinski definition) is 2. The minimum Gasteiger partial charge on any atom is -0.376 e. The van der Waals surface area contributed by atoms with Gasteiger partial charge in [0, 0.05) is 18.1 Å². The Morgan fingerprint density at radius 2 is 1.83 bits per heavy atom. The van der Waals surface area contributed by atoms with Gasteiger partial charge in [0.1, 0.15) is 0 Å². The summed E-state index contributed by atoms with van der Waals surface area (Å²) in [5.74, 6) is 0. The van der Waals surface area contributed by atoms with Crippen LogP contribution in [0.4, 0.5) is 0 Å². The van der Waals surface area contributed by atoms with Gasteiger partial charge >= 0.3 is 0 Å². The molecule has 1 rings (SSSR count). The molecule has 1 aliphatic heterocycles. The SMILES string of the molecule is C[C@@H]1CN(C(C)(C)C)[C@H](C)CO1. The van der Waals surface area contributed by atoms with E-state index in [2.05, 4.69) is 39.5 Å². The average molecular weight is 171 g/mol. The molecule has 0 N–H and O–H groups in total. The van der Waals surface area contributed by atoms with Crippen molar-refractivity contribution in [3.8, 4) is 0 Å². The lowest BCUT2D eigenvalue weighted by molar-refractivity contribution is -0.0818. The van der Waals surface area contributed by atoms with Crippen LogP contribution in [0, 0.1) is 0 Å². The van der Waals surface area contributed by atoms with E-state index >= 15 is 0 Å². The highest BCUT2D eigenvalue weighted by atomic mass is 16.5. The molecule has 0 radical (unpaired) electrons. The standard InChI is InChI=1S/C10H21NO/c1-8-7-12-9(2)6-11(8)10(3,4)5/h8-9H,6-7H2,1-5H3/t8-,9-/m1/s1. The maximum Gasteiger partial charge on any atom is 0.0675 e. The molecule has 2 atom stereocenters. The Labute approximate surface area is 75.9 Å². The van der Waals surface area contributed by atoms with Gasteiger partial charge in [0.25, 0.3) is 0 Å². The summed E-state index contributed by atoms with van der Waals surface area (Å²) in [4.78, 5) is 2.52. The van der Waals surface area contributed by atoms with Gasteiger partial charge in [-0.05, 0) is 34.6 Å². The summed E-state index contributed by atoms with van der Waals surface area (Å²) < 4.78 is 5.57. The van der Waals surface area contributed by atoms with Crippen molar-refractivity contribution in [2.45, 2.75) is 52.3 Å². The maximum absolute atomic E-state index is 5.57. The highest BCUT2D eigenvalue weighted by Crippen LogP contribution is 2.21. The Balaban J connectivity index is 2.61. The van der Waals surface area contributed by atoms with E-state index in [1.165, 1.54) is 0 Å². The van der Waals surface area contributed by atoms with Crippen LogP contribution in [0.3, 0.4) is 0 Å². The fourth-order valence-electron chi connectivity index (χ4n) is 1.84. The molecule has 0 saturated carbocycles. The topological polar surface area (TPSA) is 12.5 Å². The van der Waals surface area contributed by atoms with Crippen molar-refractivity contribution in [3.05, 3.63) is 0 Å². The highest BCUT2D eigenvalue weighted by Gasteiger charge is 2.31. The summed E-state index contributed by atoms with van der Waals surface area (Å²) in [5.41, 5.74) is 0.275. The van der Waals surface area contributed by atoms with Crippen LogP contribution in [0.2, 0.25) is 0 Å². The Morgan fingerprint density at radius 3 is 2.25 bits per heavy atom. The van der Waals surface area contributed by atoms with Gasteiger partial charge in [0.15, 0.2) is 0 Å². The van der Waals surface area contributed by atoms with Gasteiger partial charge in [-0.15, -0.1) is 0 Å². The maximum atomic E-state index is 5.57. The monoisotopic (exact) mass is 171 g/mol. The second-order valence-corrected chi connectivity index (χ2v) is 4.82. The van der Waals surface area contributed by atoms with E-state index in [-0.39, 0.29) is 5.54 Å². The lowest BCUT2D eigenvalue weighted by Crippen LogP contribution is -2.55. The van der Waals surface area contributed by atoms with E-state index in [9.17, 15) is 0 Å². The molecule has 0 unspecified atom stereocenters. The van der Waals surface area contributed by atoms with E-state index in [0.717, 1.165) is 13.2 Å². The summed E-state index contributed by atoms with van der Waals surface area (Å²) in [6.07, 6.45) is 0.389. The molecule has 0 amide bonds. The largest absolute Gasteiger partial charge is 0.376 e. The number of hydrogen-bond donors (Lipinski definition) is 0. The minimum absolute atomic E-state index is 0.275. The molecule has 0 aromatic heterocycles. The number of morpholine rings is 1. The van der Waals surface area contributed by atoms with Crippen molar-refractivity contribution in [2.75, 3.05) is 13.2 Å². The van der Waals surface area contributed by atoms with Gasteiger partial charge in [-0.3, -0.25) is 4.90 Å². The molecule has 2 nitrogen and oxygen atoms in total. The first-order chi connectivity index (χ1) is 5.41. The number of nitrogens with zero attached hydrogens (tertiary/aromatic N) is 1. The van der Waals surface area contributed by atoms with E-state index in [1.54, 1.807) is 0 Å². The van der Waals surface area contributed by atoms with Crippen LogP contribution >= 0.6 is 0 Å².